The van der Waals surface area contributed by atoms with Crippen molar-refractivity contribution in [3.05, 3.63) is 66.4 Å². The van der Waals surface area contributed by atoms with Gasteiger partial charge >= 0.3 is 6.18 Å². The number of amides is 1. The molecular formula is C17H14F3N3O2S. The molecule has 26 heavy (non-hydrogen) atoms. The summed E-state index contributed by atoms with van der Waals surface area (Å²) < 4.78 is 45.9. The highest BCUT2D eigenvalue weighted by molar-refractivity contribution is 7.99. The number of aromatic nitrogens is 2. The van der Waals surface area contributed by atoms with Crippen molar-refractivity contribution >= 4 is 23.4 Å². The minimum atomic E-state index is -4.53. The average molecular weight is 381 g/mol. The molecule has 0 saturated heterocycles. The van der Waals surface area contributed by atoms with E-state index in [1.807, 2.05) is 6.07 Å². The fourth-order valence-electron chi connectivity index (χ4n) is 2.28. The van der Waals surface area contributed by atoms with Crippen LogP contribution in [0.3, 0.4) is 0 Å². The fraction of sp³-hybridized carbons (Fsp3) is 0.176. The lowest BCUT2D eigenvalue weighted by molar-refractivity contribution is -0.137. The number of hydrogen-bond donors (Lipinski definition) is 1. The van der Waals surface area contributed by atoms with Crippen LogP contribution in [-0.2, 0) is 17.5 Å². The lowest BCUT2D eigenvalue weighted by atomic mass is 10.1. The van der Waals surface area contributed by atoms with E-state index in [1.54, 1.807) is 29.3 Å². The average Bonchev–Trinajstić information content (AvgIpc) is 3.25. The van der Waals surface area contributed by atoms with E-state index in [-0.39, 0.29) is 11.4 Å². The summed E-state index contributed by atoms with van der Waals surface area (Å²) in [5.74, 6) is 0.120. The van der Waals surface area contributed by atoms with Crippen LogP contribution in [0.1, 0.15) is 11.3 Å². The van der Waals surface area contributed by atoms with Crippen LogP contribution in [0.4, 0.5) is 18.9 Å². The van der Waals surface area contributed by atoms with E-state index < -0.39 is 17.6 Å². The summed E-state index contributed by atoms with van der Waals surface area (Å²) in [6.07, 6.45) is 0.352. The Kier molecular flexibility index (Phi) is 5.36. The van der Waals surface area contributed by atoms with Crippen LogP contribution in [0, 0.1) is 0 Å². The molecule has 0 aliphatic rings. The number of furan rings is 1. The third-order valence-electron chi connectivity index (χ3n) is 3.42. The number of halogens is 3. The van der Waals surface area contributed by atoms with Crippen LogP contribution in [0.15, 0.2) is 64.6 Å². The van der Waals surface area contributed by atoms with Crippen LogP contribution in [0.5, 0.6) is 0 Å². The van der Waals surface area contributed by atoms with Crippen LogP contribution >= 0.6 is 11.8 Å². The molecule has 0 saturated carbocycles. The second kappa shape index (κ2) is 7.69. The smallest absolute Gasteiger partial charge is 0.418 e. The predicted molar refractivity (Wildman–Crippen MR) is 90.8 cm³/mol. The van der Waals surface area contributed by atoms with Gasteiger partial charge in [-0.2, -0.15) is 13.2 Å². The van der Waals surface area contributed by atoms with Crippen molar-refractivity contribution in [2.75, 3.05) is 11.1 Å². The molecule has 2 aromatic heterocycles. The Bertz CT molecular complexity index is 876. The van der Waals surface area contributed by atoms with Gasteiger partial charge in [0.05, 0.1) is 29.8 Å². The number of alkyl halides is 3. The van der Waals surface area contributed by atoms with Crippen molar-refractivity contribution in [3.8, 4) is 0 Å². The van der Waals surface area contributed by atoms with Crippen molar-refractivity contribution in [2.45, 2.75) is 17.9 Å². The molecule has 136 valence electrons. The summed E-state index contributed by atoms with van der Waals surface area (Å²) in [4.78, 5) is 16.2. The Morgan fingerprint density at radius 1 is 1.23 bits per heavy atom. The molecule has 1 amide bonds. The summed E-state index contributed by atoms with van der Waals surface area (Å²) >= 11 is 1.13. The molecule has 0 bridgehead atoms. The molecule has 2 heterocycles. The number of carbonyl (C=O) groups excluding carboxylic acids is 1. The summed E-state index contributed by atoms with van der Waals surface area (Å²) in [5.41, 5.74) is -1.14. The SMILES string of the molecule is O=C(CSc1nccn1Cc1ccco1)Nc1ccccc1C(F)(F)F. The highest BCUT2D eigenvalue weighted by Gasteiger charge is 2.33. The van der Waals surface area contributed by atoms with Gasteiger partial charge in [-0.3, -0.25) is 4.79 Å². The molecule has 0 aliphatic heterocycles. The van der Waals surface area contributed by atoms with E-state index in [1.165, 1.54) is 18.2 Å². The Balaban J connectivity index is 1.62. The third kappa shape index (κ3) is 4.48. The van der Waals surface area contributed by atoms with Gasteiger partial charge in [-0.05, 0) is 24.3 Å². The zero-order valence-corrected chi connectivity index (χ0v) is 14.2. The van der Waals surface area contributed by atoms with Gasteiger partial charge in [0.1, 0.15) is 5.76 Å². The predicted octanol–water partition coefficient (Wildman–Crippen LogP) is 4.27. The number of benzene rings is 1. The van der Waals surface area contributed by atoms with Crippen molar-refractivity contribution in [3.63, 3.8) is 0 Å². The van der Waals surface area contributed by atoms with Gasteiger partial charge in [0.15, 0.2) is 5.16 Å². The number of hydrogen-bond acceptors (Lipinski definition) is 4. The number of rotatable bonds is 6. The van der Waals surface area contributed by atoms with E-state index in [2.05, 4.69) is 10.3 Å². The van der Waals surface area contributed by atoms with E-state index in [0.717, 1.165) is 23.6 Å². The van der Waals surface area contributed by atoms with E-state index in [4.69, 9.17) is 4.42 Å². The summed E-state index contributed by atoms with van der Waals surface area (Å²) in [6, 6.07) is 8.45. The molecule has 0 aliphatic carbocycles. The second-order valence-corrected chi connectivity index (χ2v) is 6.24. The Morgan fingerprint density at radius 2 is 2.04 bits per heavy atom. The largest absolute Gasteiger partial charge is 0.467 e. The van der Waals surface area contributed by atoms with Gasteiger partial charge in [0.2, 0.25) is 5.91 Å². The van der Waals surface area contributed by atoms with Crippen molar-refractivity contribution in [1.82, 2.24) is 9.55 Å². The maximum Gasteiger partial charge on any atom is 0.418 e. The van der Waals surface area contributed by atoms with Crippen LogP contribution in [-0.4, -0.2) is 21.2 Å². The molecule has 3 rings (SSSR count). The molecule has 1 aromatic carbocycles. The molecule has 0 unspecified atom stereocenters. The Morgan fingerprint density at radius 3 is 2.77 bits per heavy atom. The number of nitrogens with zero attached hydrogens (tertiary/aromatic N) is 2. The maximum absolute atomic E-state index is 13.0. The second-order valence-electron chi connectivity index (χ2n) is 5.30. The Labute approximate surface area is 151 Å². The van der Waals surface area contributed by atoms with Crippen molar-refractivity contribution < 1.29 is 22.4 Å². The first kappa shape index (κ1) is 18.1. The highest BCUT2D eigenvalue weighted by Crippen LogP contribution is 2.34. The molecular weight excluding hydrogens is 367 g/mol. The first-order valence-electron chi connectivity index (χ1n) is 7.56. The van der Waals surface area contributed by atoms with Gasteiger partial charge in [0.25, 0.3) is 0 Å². The molecule has 0 fully saturated rings. The molecule has 0 radical (unpaired) electrons. The standard InChI is InChI=1S/C17H14F3N3O2S/c18-17(19,20)13-5-1-2-6-14(13)22-15(24)11-26-16-21-7-8-23(16)10-12-4-3-9-25-12/h1-9H,10-11H2,(H,22,24). The quantitative estimate of drug-likeness (QED) is 0.648. The van der Waals surface area contributed by atoms with Gasteiger partial charge in [0, 0.05) is 12.4 Å². The van der Waals surface area contributed by atoms with Gasteiger partial charge in [-0.15, -0.1) is 0 Å². The number of carbonyl (C=O) groups is 1. The molecule has 0 atom stereocenters. The third-order valence-corrected chi connectivity index (χ3v) is 4.43. The van der Waals surface area contributed by atoms with E-state index in [9.17, 15) is 18.0 Å². The summed E-state index contributed by atoms with van der Waals surface area (Å²) in [6.45, 7) is 0.452. The molecule has 1 N–H and O–H groups in total. The van der Waals surface area contributed by atoms with Crippen molar-refractivity contribution in [1.29, 1.82) is 0 Å². The molecule has 5 nitrogen and oxygen atoms in total. The molecule has 3 aromatic rings. The monoisotopic (exact) mass is 381 g/mol. The summed E-state index contributed by atoms with van der Waals surface area (Å²) in [7, 11) is 0. The van der Waals surface area contributed by atoms with Gasteiger partial charge < -0.3 is 14.3 Å². The normalized spacial score (nSPS) is 11.5. The topological polar surface area (TPSA) is 60.1 Å². The Hall–Kier alpha value is -2.68. The number of para-hydroxylation sites is 1. The van der Waals surface area contributed by atoms with Crippen LogP contribution < -0.4 is 5.32 Å². The zero-order valence-electron chi connectivity index (χ0n) is 13.4. The minimum Gasteiger partial charge on any atom is -0.467 e. The van der Waals surface area contributed by atoms with Crippen molar-refractivity contribution in [2.24, 2.45) is 0 Å². The first-order valence-corrected chi connectivity index (χ1v) is 8.54. The lowest BCUT2D eigenvalue weighted by Crippen LogP contribution is -2.18. The van der Waals surface area contributed by atoms with Crippen LogP contribution in [0.25, 0.3) is 0 Å². The maximum atomic E-state index is 13.0. The fourth-order valence-corrected chi connectivity index (χ4v) is 3.04. The molecule has 9 heteroatoms. The van der Waals surface area contributed by atoms with E-state index in [0.29, 0.717) is 11.7 Å². The number of anilines is 1. The van der Waals surface area contributed by atoms with E-state index >= 15 is 0 Å². The minimum absolute atomic E-state index is 0.0681. The van der Waals surface area contributed by atoms with Crippen LogP contribution in [0.2, 0.25) is 0 Å². The number of thioether (sulfide) groups is 1. The van der Waals surface area contributed by atoms with Gasteiger partial charge in [-0.1, -0.05) is 23.9 Å². The molecule has 0 spiro atoms. The zero-order chi connectivity index (χ0) is 18.6. The lowest BCUT2D eigenvalue weighted by Gasteiger charge is -2.13. The van der Waals surface area contributed by atoms with Gasteiger partial charge in [-0.25, -0.2) is 4.98 Å². The first-order chi connectivity index (χ1) is 12.4. The summed E-state index contributed by atoms with van der Waals surface area (Å²) in [5, 5.41) is 2.88. The highest BCUT2D eigenvalue weighted by atomic mass is 32.2. The number of imidazole rings is 1. The number of nitrogens with one attached hydrogen (secondary N) is 1.